The van der Waals surface area contributed by atoms with E-state index in [1.165, 1.54) is 6.26 Å². The molecule has 0 radical (unpaired) electrons. The van der Waals surface area contributed by atoms with Crippen LogP contribution < -0.4 is 0 Å². The zero-order chi connectivity index (χ0) is 12.1. The topological polar surface area (TPSA) is 56.5 Å². The summed E-state index contributed by atoms with van der Waals surface area (Å²) in [5.41, 5.74) is 0.317. The molecule has 0 aliphatic rings. The number of esters is 1. The average Bonchev–Trinajstić information content (AvgIpc) is 2.89. The van der Waals surface area contributed by atoms with Crippen molar-refractivity contribution in [2.24, 2.45) is 0 Å². The lowest BCUT2D eigenvalue weighted by atomic mass is 10.1. The van der Waals surface area contributed by atoms with Crippen molar-refractivity contribution in [1.82, 2.24) is 0 Å². The van der Waals surface area contributed by atoms with Gasteiger partial charge in [0, 0.05) is 5.56 Å². The molecule has 2 rings (SSSR count). The summed E-state index contributed by atoms with van der Waals surface area (Å²) < 4.78 is 9.80. The van der Waals surface area contributed by atoms with Crippen LogP contribution >= 0.6 is 0 Å². The quantitative estimate of drug-likeness (QED) is 0.459. The minimum atomic E-state index is -0.882. The summed E-state index contributed by atoms with van der Waals surface area (Å²) in [6.07, 6.45) is 1.47. The number of Topliss-reactive ketones (excluding diaryl/α,β-unsaturated/α-hetero) is 1. The van der Waals surface area contributed by atoms with Crippen LogP contribution in [0, 0.1) is 0 Å². The van der Waals surface area contributed by atoms with Crippen molar-refractivity contribution < 1.29 is 18.7 Å². The number of carbonyl (C=O) groups excluding carboxylic acids is 2. The predicted molar refractivity (Wildman–Crippen MR) is 59.3 cm³/mol. The van der Waals surface area contributed by atoms with E-state index in [2.05, 4.69) is 0 Å². The maximum absolute atomic E-state index is 11.6. The van der Waals surface area contributed by atoms with Crippen LogP contribution in [-0.4, -0.2) is 11.8 Å². The van der Waals surface area contributed by atoms with Gasteiger partial charge in [-0.2, -0.15) is 0 Å². The van der Waals surface area contributed by atoms with E-state index in [9.17, 15) is 9.59 Å². The molecule has 0 aliphatic heterocycles. The molecule has 0 fully saturated rings. The lowest BCUT2D eigenvalue weighted by molar-refractivity contribution is -0.139. The van der Waals surface area contributed by atoms with Gasteiger partial charge in [-0.05, 0) is 12.1 Å². The molecule has 0 amide bonds. The summed E-state index contributed by atoms with van der Waals surface area (Å²) in [5.74, 6) is -1.04. The highest BCUT2D eigenvalue weighted by Crippen LogP contribution is 2.05. The lowest BCUT2D eigenvalue weighted by Crippen LogP contribution is -2.17. The van der Waals surface area contributed by atoms with Crippen LogP contribution in [0.3, 0.4) is 0 Å². The average molecular weight is 230 g/mol. The van der Waals surface area contributed by atoms with E-state index in [1.807, 2.05) is 0 Å². The molecule has 86 valence electrons. The van der Waals surface area contributed by atoms with Gasteiger partial charge in [-0.25, -0.2) is 4.79 Å². The van der Waals surface area contributed by atoms with E-state index >= 15 is 0 Å². The molecule has 0 saturated carbocycles. The van der Waals surface area contributed by atoms with Crippen LogP contribution in [0.15, 0.2) is 53.1 Å². The molecule has 1 aromatic heterocycles. The first-order valence-electron chi connectivity index (χ1n) is 5.06. The Labute approximate surface area is 97.8 Å². The summed E-state index contributed by atoms with van der Waals surface area (Å²) in [6, 6.07) is 11.6. The van der Waals surface area contributed by atoms with E-state index < -0.39 is 11.8 Å². The Bertz CT molecular complexity index is 499. The Kier molecular flexibility index (Phi) is 3.35. The first kappa shape index (κ1) is 11.1. The molecule has 1 heterocycles. The lowest BCUT2D eigenvalue weighted by Gasteiger charge is -2.01. The number of rotatable bonds is 4. The van der Waals surface area contributed by atoms with Crippen LogP contribution in [0.25, 0.3) is 0 Å². The highest BCUT2D eigenvalue weighted by atomic mass is 16.5. The fourth-order valence-electron chi connectivity index (χ4n) is 1.30. The zero-order valence-corrected chi connectivity index (χ0v) is 8.96. The molecule has 0 aliphatic carbocycles. The summed E-state index contributed by atoms with van der Waals surface area (Å²) >= 11 is 0. The molecular weight excluding hydrogens is 220 g/mol. The molecule has 0 atom stereocenters. The van der Waals surface area contributed by atoms with Crippen molar-refractivity contribution >= 4 is 11.8 Å². The minimum Gasteiger partial charge on any atom is -0.466 e. The first-order chi connectivity index (χ1) is 8.27. The third-order valence-electron chi connectivity index (χ3n) is 2.15. The minimum absolute atomic E-state index is 0.0373. The molecule has 4 heteroatoms. The third kappa shape index (κ3) is 2.81. The van der Waals surface area contributed by atoms with Gasteiger partial charge in [0.05, 0.1) is 6.26 Å². The van der Waals surface area contributed by atoms with E-state index in [1.54, 1.807) is 42.5 Å². The fourth-order valence-corrected chi connectivity index (χ4v) is 1.30. The van der Waals surface area contributed by atoms with Gasteiger partial charge in [0.15, 0.2) is 0 Å². The van der Waals surface area contributed by atoms with Crippen LogP contribution in [-0.2, 0) is 16.1 Å². The SMILES string of the molecule is O=C(OCc1ccco1)C(=O)c1ccccc1. The highest BCUT2D eigenvalue weighted by Gasteiger charge is 2.17. The largest absolute Gasteiger partial charge is 0.466 e. The molecule has 0 bridgehead atoms. The van der Waals surface area contributed by atoms with Crippen LogP contribution in [0.2, 0.25) is 0 Å². The Morgan fingerprint density at radius 1 is 1.06 bits per heavy atom. The van der Waals surface area contributed by atoms with Crippen molar-refractivity contribution in [1.29, 1.82) is 0 Å². The second-order valence-corrected chi connectivity index (χ2v) is 3.35. The standard InChI is InChI=1S/C13H10O4/c14-12(10-5-2-1-3-6-10)13(15)17-9-11-7-4-8-16-11/h1-8H,9H2. The Balaban J connectivity index is 1.95. The molecule has 4 nitrogen and oxygen atoms in total. The van der Waals surface area contributed by atoms with Crippen molar-refractivity contribution in [3.63, 3.8) is 0 Å². The van der Waals surface area contributed by atoms with Crippen molar-refractivity contribution in [3.8, 4) is 0 Å². The molecule has 2 aromatic rings. The molecule has 0 N–H and O–H groups in total. The molecular formula is C13H10O4. The number of hydrogen-bond acceptors (Lipinski definition) is 4. The summed E-state index contributed by atoms with van der Waals surface area (Å²) in [7, 11) is 0. The summed E-state index contributed by atoms with van der Waals surface area (Å²) in [4.78, 5) is 23.0. The normalized spacial score (nSPS) is 9.88. The zero-order valence-electron chi connectivity index (χ0n) is 8.96. The van der Waals surface area contributed by atoms with Gasteiger partial charge < -0.3 is 9.15 Å². The Hall–Kier alpha value is -2.36. The van der Waals surface area contributed by atoms with Gasteiger partial charge in [0.2, 0.25) is 0 Å². The van der Waals surface area contributed by atoms with Gasteiger partial charge >= 0.3 is 5.97 Å². The number of ether oxygens (including phenoxy) is 1. The number of furan rings is 1. The molecule has 0 spiro atoms. The van der Waals surface area contributed by atoms with E-state index in [0.717, 1.165) is 0 Å². The predicted octanol–water partition coefficient (Wildman–Crippen LogP) is 2.21. The van der Waals surface area contributed by atoms with Gasteiger partial charge in [0.1, 0.15) is 12.4 Å². The fraction of sp³-hybridized carbons (Fsp3) is 0.0769. The number of hydrogen-bond donors (Lipinski definition) is 0. The van der Waals surface area contributed by atoms with E-state index in [0.29, 0.717) is 11.3 Å². The first-order valence-corrected chi connectivity index (χ1v) is 5.06. The second kappa shape index (κ2) is 5.12. The van der Waals surface area contributed by atoms with Crippen LogP contribution in [0.4, 0.5) is 0 Å². The molecule has 17 heavy (non-hydrogen) atoms. The highest BCUT2D eigenvalue weighted by molar-refractivity contribution is 6.40. The maximum Gasteiger partial charge on any atom is 0.380 e. The third-order valence-corrected chi connectivity index (χ3v) is 2.15. The molecule has 0 saturated heterocycles. The van der Waals surface area contributed by atoms with Gasteiger partial charge in [-0.3, -0.25) is 4.79 Å². The van der Waals surface area contributed by atoms with Crippen LogP contribution in [0.1, 0.15) is 16.1 Å². The smallest absolute Gasteiger partial charge is 0.380 e. The van der Waals surface area contributed by atoms with Gasteiger partial charge in [0.25, 0.3) is 5.78 Å². The summed E-state index contributed by atoms with van der Waals surface area (Å²) in [5, 5.41) is 0. The Morgan fingerprint density at radius 2 is 1.82 bits per heavy atom. The van der Waals surface area contributed by atoms with Gasteiger partial charge in [-0.15, -0.1) is 0 Å². The molecule has 0 unspecified atom stereocenters. The Morgan fingerprint density at radius 3 is 2.47 bits per heavy atom. The molecule has 1 aromatic carbocycles. The van der Waals surface area contributed by atoms with Crippen molar-refractivity contribution in [2.45, 2.75) is 6.61 Å². The number of ketones is 1. The van der Waals surface area contributed by atoms with Crippen molar-refractivity contribution in [2.75, 3.05) is 0 Å². The maximum atomic E-state index is 11.6. The van der Waals surface area contributed by atoms with E-state index in [4.69, 9.17) is 9.15 Å². The van der Waals surface area contributed by atoms with Crippen molar-refractivity contribution in [3.05, 3.63) is 60.1 Å². The second-order valence-electron chi connectivity index (χ2n) is 3.35. The van der Waals surface area contributed by atoms with Crippen LogP contribution in [0.5, 0.6) is 0 Å². The monoisotopic (exact) mass is 230 g/mol. The number of benzene rings is 1. The number of carbonyl (C=O) groups is 2. The van der Waals surface area contributed by atoms with E-state index in [-0.39, 0.29) is 6.61 Å². The summed E-state index contributed by atoms with van der Waals surface area (Å²) in [6.45, 7) is -0.0373. The van der Waals surface area contributed by atoms with Gasteiger partial charge in [-0.1, -0.05) is 30.3 Å².